The Morgan fingerprint density at radius 2 is 1.86 bits per heavy atom. The summed E-state index contributed by atoms with van der Waals surface area (Å²) in [5, 5.41) is 2.83. The fourth-order valence-electron chi connectivity index (χ4n) is 1.80. The van der Waals surface area contributed by atoms with Crippen LogP contribution in [0.4, 0.5) is 0 Å². The minimum Gasteiger partial charge on any atom is -0.497 e. The summed E-state index contributed by atoms with van der Waals surface area (Å²) in [5.74, 6) is 0.970. The highest BCUT2D eigenvalue weighted by Crippen LogP contribution is 2.22. The van der Waals surface area contributed by atoms with Gasteiger partial charge in [0.2, 0.25) is 0 Å². The van der Waals surface area contributed by atoms with Crippen molar-refractivity contribution < 1.29 is 14.3 Å². The Morgan fingerprint density at radius 3 is 2.43 bits per heavy atom. The summed E-state index contributed by atoms with van der Waals surface area (Å²) in [6.45, 7) is 0.483. The van der Waals surface area contributed by atoms with Crippen LogP contribution in [0.2, 0.25) is 0 Å². The van der Waals surface area contributed by atoms with Gasteiger partial charge in [-0.1, -0.05) is 0 Å². The van der Waals surface area contributed by atoms with E-state index in [1.165, 1.54) is 0 Å². The van der Waals surface area contributed by atoms with E-state index in [0.717, 1.165) is 5.69 Å². The van der Waals surface area contributed by atoms with Gasteiger partial charge in [0, 0.05) is 43.2 Å². The summed E-state index contributed by atoms with van der Waals surface area (Å²) in [6.07, 6.45) is 5.55. The molecule has 0 spiro atoms. The van der Waals surface area contributed by atoms with Crippen molar-refractivity contribution in [1.29, 1.82) is 0 Å². The zero-order chi connectivity index (χ0) is 15.1. The second kappa shape index (κ2) is 7.23. The molecule has 1 N–H and O–H groups in total. The van der Waals surface area contributed by atoms with E-state index in [1.54, 1.807) is 51.0 Å². The minimum atomic E-state index is -0.184. The monoisotopic (exact) mass is 287 g/mol. The Balaban J connectivity index is 1.97. The molecule has 0 bridgehead atoms. The maximum atomic E-state index is 12.1. The molecule has 6 nitrogen and oxygen atoms in total. The molecule has 0 aliphatic rings. The first-order valence-corrected chi connectivity index (χ1v) is 6.49. The van der Waals surface area contributed by atoms with E-state index in [-0.39, 0.29) is 5.91 Å². The van der Waals surface area contributed by atoms with Crippen molar-refractivity contribution in [3.8, 4) is 11.5 Å². The van der Waals surface area contributed by atoms with Crippen LogP contribution in [0.3, 0.4) is 0 Å². The fraction of sp³-hybridized carbons (Fsp3) is 0.267. The van der Waals surface area contributed by atoms with Gasteiger partial charge in [0.15, 0.2) is 0 Å². The predicted octanol–water partition coefficient (Wildman–Crippen LogP) is 1.47. The summed E-state index contributed by atoms with van der Waals surface area (Å²) in [6, 6.07) is 5.05. The van der Waals surface area contributed by atoms with E-state index in [0.29, 0.717) is 30.0 Å². The molecule has 0 saturated carbocycles. The zero-order valence-electron chi connectivity index (χ0n) is 12.0. The first kappa shape index (κ1) is 14.8. The molecule has 2 rings (SSSR count). The Labute approximate surface area is 123 Å². The van der Waals surface area contributed by atoms with Crippen LogP contribution < -0.4 is 14.8 Å². The van der Waals surface area contributed by atoms with E-state index in [9.17, 15) is 4.79 Å². The number of carbonyl (C=O) groups is 1. The van der Waals surface area contributed by atoms with Gasteiger partial charge in [-0.2, -0.15) is 0 Å². The van der Waals surface area contributed by atoms with Gasteiger partial charge in [0.25, 0.3) is 5.91 Å². The number of nitrogens with one attached hydrogen (secondary N) is 1. The average molecular weight is 287 g/mol. The lowest BCUT2D eigenvalue weighted by Gasteiger charge is -2.09. The molecule has 1 amide bonds. The maximum Gasteiger partial charge on any atom is 0.251 e. The molecule has 21 heavy (non-hydrogen) atoms. The van der Waals surface area contributed by atoms with Crippen LogP contribution >= 0.6 is 0 Å². The molecule has 0 atom stereocenters. The lowest BCUT2D eigenvalue weighted by Crippen LogP contribution is -2.26. The van der Waals surface area contributed by atoms with E-state index in [1.807, 2.05) is 0 Å². The summed E-state index contributed by atoms with van der Waals surface area (Å²) in [4.78, 5) is 20.2. The normalized spacial score (nSPS) is 10.0. The van der Waals surface area contributed by atoms with Crippen molar-refractivity contribution in [2.45, 2.75) is 6.42 Å². The van der Waals surface area contributed by atoms with Crippen LogP contribution in [0.1, 0.15) is 16.1 Å². The van der Waals surface area contributed by atoms with Gasteiger partial charge >= 0.3 is 0 Å². The third-order valence-electron chi connectivity index (χ3n) is 2.90. The number of benzene rings is 1. The molecular weight excluding hydrogens is 270 g/mol. The number of aromatic nitrogens is 2. The van der Waals surface area contributed by atoms with Crippen molar-refractivity contribution in [2.24, 2.45) is 0 Å². The number of hydrogen-bond donors (Lipinski definition) is 1. The highest BCUT2D eigenvalue weighted by atomic mass is 16.5. The van der Waals surface area contributed by atoms with Crippen LogP contribution in [0.5, 0.6) is 11.5 Å². The third-order valence-corrected chi connectivity index (χ3v) is 2.90. The topological polar surface area (TPSA) is 73.3 Å². The van der Waals surface area contributed by atoms with Crippen LogP contribution in [-0.4, -0.2) is 36.6 Å². The Bertz CT molecular complexity index is 580. The molecule has 0 saturated heterocycles. The second-order valence-electron chi connectivity index (χ2n) is 4.30. The van der Waals surface area contributed by atoms with E-state index in [4.69, 9.17) is 9.47 Å². The first-order valence-electron chi connectivity index (χ1n) is 6.49. The summed E-state index contributed by atoms with van der Waals surface area (Å²) in [5.41, 5.74) is 1.33. The Kier molecular flexibility index (Phi) is 5.09. The Hall–Kier alpha value is -2.63. The Morgan fingerprint density at radius 1 is 1.14 bits per heavy atom. The highest BCUT2D eigenvalue weighted by Gasteiger charge is 2.09. The van der Waals surface area contributed by atoms with Crippen LogP contribution in [0.25, 0.3) is 0 Å². The van der Waals surface area contributed by atoms with Crippen LogP contribution in [0.15, 0.2) is 36.8 Å². The highest BCUT2D eigenvalue weighted by molar-refractivity contribution is 5.95. The van der Waals surface area contributed by atoms with Crippen molar-refractivity contribution in [1.82, 2.24) is 15.3 Å². The molecule has 2 aromatic rings. The molecule has 0 unspecified atom stereocenters. The smallest absolute Gasteiger partial charge is 0.251 e. The fourth-order valence-corrected chi connectivity index (χ4v) is 1.80. The van der Waals surface area contributed by atoms with Crippen molar-refractivity contribution in [3.05, 3.63) is 48.0 Å². The van der Waals surface area contributed by atoms with Crippen LogP contribution in [-0.2, 0) is 6.42 Å². The minimum absolute atomic E-state index is 0.184. The number of methoxy groups -OCH3 is 2. The summed E-state index contributed by atoms with van der Waals surface area (Å²) < 4.78 is 10.3. The summed E-state index contributed by atoms with van der Waals surface area (Å²) >= 11 is 0. The van der Waals surface area contributed by atoms with Gasteiger partial charge in [0.05, 0.1) is 19.9 Å². The number of hydrogen-bond acceptors (Lipinski definition) is 5. The number of carbonyl (C=O) groups excluding carboxylic acids is 1. The molecule has 1 aromatic carbocycles. The molecule has 1 heterocycles. The molecule has 110 valence electrons. The van der Waals surface area contributed by atoms with E-state index in [2.05, 4.69) is 15.3 Å². The largest absolute Gasteiger partial charge is 0.497 e. The zero-order valence-corrected chi connectivity index (χ0v) is 12.0. The van der Waals surface area contributed by atoms with Gasteiger partial charge in [-0.3, -0.25) is 14.8 Å². The van der Waals surface area contributed by atoms with Crippen molar-refractivity contribution in [3.63, 3.8) is 0 Å². The van der Waals surface area contributed by atoms with E-state index >= 15 is 0 Å². The molecule has 1 aromatic heterocycles. The third kappa shape index (κ3) is 4.17. The quantitative estimate of drug-likeness (QED) is 0.871. The first-order chi connectivity index (χ1) is 10.2. The molecule has 6 heteroatoms. The lowest BCUT2D eigenvalue weighted by atomic mass is 10.2. The maximum absolute atomic E-state index is 12.1. The molecular formula is C15H17N3O3. The number of rotatable bonds is 6. The summed E-state index contributed by atoms with van der Waals surface area (Å²) in [7, 11) is 3.09. The van der Waals surface area contributed by atoms with Gasteiger partial charge < -0.3 is 14.8 Å². The second-order valence-corrected chi connectivity index (χ2v) is 4.30. The molecule has 0 fully saturated rings. The van der Waals surface area contributed by atoms with E-state index < -0.39 is 0 Å². The van der Waals surface area contributed by atoms with Gasteiger partial charge in [-0.25, -0.2) is 0 Å². The standard InChI is InChI=1S/C15H17N3O3/c1-20-13-7-11(8-14(9-13)21-2)15(19)18-4-3-12-10-16-5-6-17-12/h5-10H,3-4H2,1-2H3,(H,18,19). The number of ether oxygens (including phenoxy) is 2. The van der Waals surface area contributed by atoms with Crippen molar-refractivity contribution in [2.75, 3.05) is 20.8 Å². The van der Waals surface area contributed by atoms with Crippen molar-refractivity contribution >= 4 is 5.91 Å². The predicted molar refractivity (Wildman–Crippen MR) is 77.6 cm³/mol. The molecule has 0 aliphatic carbocycles. The lowest BCUT2D eigenvalue weighted by molar-refractivity contribution is 0.0953. The van der Waals surface area contributed by atoms with Gasteiger partial charge in [-0.05, 0) is 12.1 Å². The molecule has 0 aliphatic heterocycles. The average Bonchev–Trinajstić information content (AvgIpc) is 2.55. The number of amides is 1. The number of nitrogens with zero attached hydrogens (tertiary/aromatic N) is 2. The van der Waals surface area contributed by atoms with Gasteiger partial charge in [0.1, 0.15) is 11.5 Å². The van der Waals surface area contributed by atoms with Gasteiger partial charge in [-0.15, -0.1) is 0 Å². The SMILES string of the molecule is COc1cc(OC)cc(C(=O)NCCc2cnccn2)c1. The molecule has 0 radical (unpaired) electrons. The van der Waals surface area contributed by atoms with Crippen LogP contribution in [0, 0.1) is 0 Å².